The van der Waals surface area contributed by atoms with Crippen molar-refractivity contribution in [3.8, 4) is 0 Å². The summed E-state index contributed by atoms with van der Waals surface area (Å²) in [4.78, 5) is 5.60. The van der Waals surface area contributed by atoms with Crippen LogP contribution < -0.4 is 9.47 Å². The Bertz CT molecular complexity index is 1650. The average molecular weight is 814 g/mol. The van der Waals surface area contributed by atoms with Gasteiger partial charge in [0.15, 0.2) is 6.54 Å². The number of rotatable bonds is 14. The molecule has 15 heteroatoms. The molecule has 244 valence electrons. The summed E-state index contributed by atoms with van der Waals surface area (Å²) in [6, 6.07) is 12.1. The van der Waals surface area contributed by atoms with Crippen LogP contribution in [0.1, 0.15) is 51.5 Å². The van der Waals surface area contributed by atoms with Gasteiger partial charge in [-0.25, -0.2) is 8.42 Å². The molecule has 44 heavy (non-hydrogen) atoms. The third-order valence-corrected chi connectivity index (χ3v) is 11.8. The fourth-order valence-electron chi connectivity index (χ4n) is 4.70. The molecule has 2 heterocycles. The Morgan fingerprint density at radius 3 is 2.18 bits per heavy atom. The van der Waals surface area contributed by atoms with Gasteiger partial charge in [-0.3, -0.25) is 4.55 Å². The fourth-order valence-corrected chi connectivity index (χ4v) is 8.81. The highest BCUT2D eigenvalue weighted by Crippen LogP contribution is 2.48. The van der Waals surface area contributed by atoms with Gasteiger partial charge in [0.05, 0.1) is 32.7 Å². The summed E-state index contributed by atoms with van der Waals surface area (Å²) in [5.74, 6) is -0.657. The average Bonchev–Trinajstić information content (AvgIpc) is 3.45. The third-order valence-electron chi connectivity index (χ3n) is 7.03. The van der Waals surface area contributed by atoms with Crippen molar-refractivity contribution >= 4 is 97.2 Å². The monoisotopic (exact) mass is 811 g/mol. The number of halogens is 2. The molecule has 0 unspecified atom stereocenters. The number of unbranched alkanes of at least 4 members (excludes halogenated alkanes) is 2. The Kier molecular flexibility index (Phi) is 14.6. The molecule has 0 amide bonds. The van der Waals surface area contributed by atoms with E-state index in [1.807, 2.05) is 36.4 Å². The van der Waals surface area contributed by atoms with Crippen LogP contribution in [0.15, 0.2) is 55.3 Å². The van der Waals surface area contributed by atoms with Gasteiger partial charge in [0.2, 0.25) is 5.52 Å². The van der Waals surface area contributed by atoms with E-state index in [1.54, 1.807) is 23.1 Å². The highest BCUT2D eigenvalue weighted by Gasteiger charge is 2.28. The van der Waals surface area contributed by atoms with Crippen LogP contribution in [-0.4, -0.2) is 68.5 Å². The van der Waals surface area contributed by atoms with Gasteiger partial charge >= 0.3 is 0 Å². The molecule has 0 saturated carbocycles. The van der Waals surface area contributed by atoms with Crippen LogP contribution in [0.3, 0.4) is 0 Å². The molecule has 4 rings (SSSR count). The van der Waals surface area contributed by atoms with Gasteiger partial charge in [-0.15, -0.1) is 0 Å². The lowest BCUT2D eigenvalue weighted by molar-refractivity contribution is -0.669. The van der Waals surface area contributed by atoms with Crippen LogP contribution in [0.25, 0.3) is 16.3 Å². The van der Waals surface area contributed by atoms with E-state index in [1.165, 1.54) is 19.6 Å². The summed E-state index contributed by atoms with van der Waals surface area (Å²) in [7, 11) is -8.25. The second-order valence-corrected chi connectivity index (χ2v) is 17.2. The Hall–Kier alpha value is -1.04. The first-order chi connectivity index (χ1) is 20.7. The lowest BCUT2D eigenvalue weighted by Crippen LogP contribution is -2.35. The van der Waals surface area contributed by atoms with Crippen LogP contribution >= 0.6 is 55.0 Å². The zero-order chi connectivity index (χ0) is 32.5. The molecule has 1 aromatic heterocycles. The first-order valence-electron chi connectivity index (χ1n) is 14.4. The van der Waals surface area contributed by atoms with Gasteiger partial charge < -0.3 is 14.4 Å². The van der Waals surface area contributed by atoms with E-state index in [-0.39, 0.29) is 17.9 Å². The van der Waals surface area contributed by atoms with Crippen LogP contribution in [-0.2, 0) is 26.8 Å². The van der Waals surface area contributed by atoms with E-state index < -0.39 is 20.2 Å². The zero-order valence-corrected chi connectivity index (χ0v) is 31.5. The maximum atomic E-state index is 11.2. The largest absolute Gasteiger partial charge is 0.748 e. The summed E-state index contributed by atoms with van der Waals surface area (Å²) in [5, 5.41) is 1.97. The topological polar surface area (TPSA) is 122 Å². The first kappa shape index (κ1) is 37.4. The van der Waals surface area contributed by atoms with Crippen molar-refractivity contribution in [3.05, 3.63) is 55.4 Å². The molecule has 0 spiro atoms. The summed E-state index contributed by atoms with van der Waals surface area (Å²) in [6.45, 7) is 11.3. The van der Waals surface area contributed by atoms with Gasteiger partial charge in [0.25, 0.3) is 15.1 Å². The van der Waals surface area contributed by atoms with Crippen molar-refractivity contribution in [2.45, 2.75) is 57.9 Å². The van der Waals surface area contributed by atoms with Gasteiger partial charge in [-0.05, 0) is 69.2 Å². The van der Waals surface area contributed by atoms with Crippen LogP contribution in [0.5, 0.6) is 0 Å². The van der Waals surface area contributed by atoms with Gasteiger partial charge in [-0.2, -0.15) is 13.0 Å². The van der Waals surface area contributed by atoms with E-state index >= 15 is 0 Å². The normalized spacial score (nSPS) is 14.4. The predicted molar refractivity (Wildman–Crippen MR) is 188 cm³/mol. The minimum Gasteiger partial charge on any atom is -0.748 e. The molecule has 0 atom stereocenters. The van der Waals surface area contributed by atoms with Crippen LogP contribution in [0, 0.1) is 0 Å². The van der Waals surface area contributed by atoms with Crippen LogP contribution in [0.4, 0.5) is 5.69 Å². The van der Waals surface area contributed by atoms with Crippen molar-refractivity contribution in [2.24, 2.45) is 0 Å². The predicted octanol–water partition coefficient (Wildman–Crippen LogP) is 6.97. The molecule has 0 bridgehead atoms. The molecule has 9 nitrogen and oxygen atoms in total. The second kappa shape index (κ2) is 17.2. The number of thiazole rings is 1. The molecular formula is C29H39Br2N3O6S4. The Balaban J connectivity index is 0.000000676. The smallest absolute Gasteiger partial charge is 0.265 e. The van der Waals surface area contributed by atoms with Crippen molar-refractivity contribution < 1.29 is 30.5 Å². The maximum Gasteiger partial charge on any atom is 0.265 e. The van der Waals surface area contributed by atoms with E-state index in [4.69, 9.17) is 4.55 Å². The SMILES string of the molecule is CCN(CC)CC.O=S(=O)([O-])CCCCN1C(=Cc2sc3ccc(Br)cc3[n+]2CCCCS(=O)(=O)O)Sc2ccc(Br)cc21. The molecule has 0 radical (unpaired) electrons. The summed E-state index contributed by atoms with van der Waals surface area (Å²) in [6.07, 6.45) is 3.85. The summed E-state index contributed by atoms with van der Waals surface area (Å²) in [5.41, 5.74) is 2.03. The minimum atomic E-state index is -4.25. The lowest BCUT2D eigenvalue weighted by atomic mass is 10.2. The quantitative estimate of drug-likeness (QED) is 0.105. The zero-order valence-electron chi connectivity index (χ0n) is 25.0. The van der Waals surface area contributed by atoms with Crippen molar-refractivity contribution in [1.82, 2.24) is 4.90 Å². The number of aryl methyl sites for hydroxylation is 1. The number of thioether (sulfide) groups is 1. The highest BCUT2D eigenvalue weighted by molar-refractivity contribution is 9.10. The molecule has 0 aliphatic carbocycles. The number of nitrogens with zero attached hydrogens (tertiary/aromatic N) is 3. The van der Waals surface area contributed by atoms with E-state index in [0.717, 1.165) is 39.8 Å². The van der Waals surface area contributed by atoms with Crippen LogP contribution in [0.2, 0.25) is 0 Å². The summed E-state index contributed by atoms with van der Waals surface area (Å²) >= 11 is 10.3. The number of fused-ring (bicyclic) bond motifs is 2. The Morgan fingerprint density at radius 2 is 1.57 bits per heavy atom. The van der Waals surface area contributed by atoms with Gasteiger partial charge in [-0.1, -0.05) is 75.7 Å². The number of anilines is 1. The molecule has 3 aromatic rings. The Labute approximate surface area is 286 Å². The number of hydrogen-bond acceptors (Lipinski definition) is 9. The first-order valence-corrected chi connectivity index (χ1v) is 20.8. The number of aromatic nitrogens is 1. The van der Waals surface area contributed by atoms with Gasteiger partial charge in [0.1, 0.15) is 4.70 Å². The number of benzene rings is 2. The van der Waals surface area contributed by atoms with Crippen molar-refractivity contribution in [3.63, 3.8) is 0 Å². The molecule has 1 aliphatic rings. The lowest BCUT2D eigenvalue weighted by Gasteiger charge is -2.20. The molecular weight excluding hydrogens is 774 g/mol. The maximum absolute atomic E-state index is 11.2. The second-order valence-electron chi connectivity index (χ2n) is 10.1. The molecule has 2 aromatic carbocycles. The molecule has 0 fully saturated rings. The van der Waals surface area contributed by atoms with Crippen molar-refractivity contribution in [1.29, 1.82) is 0 Å². The molecule has 0 saturated heterocycles. The minimum absolute atomic E-state index is 0.275. The Morgan fingerprint density at radius 1 is 0.932 bits per heavy atom. The van der Waals surface area contributed by atoms with E-state index in [0.29, 0.717) is 32.4 Å². The third kappa shape index (κ3) is 11.6. The van der Waals surface area contributed by atoms with Gasteiger partial charge in [0, 0.05) is 38.6 Å². The number of hydrogen-bond donors (Lipinski definition) is 1. The van der Waals surface area contributed by atoms with E-state index in [2.05, 4.69) is 73.1 Å². The van der Waals surface area contributed by atoms with E-state index in [9.17, 15) is 21.4 Å². The molecule has 1 N–H and O–H groups in total. The fraction of sp³-hybridized carbons (Fsp3) is 0.483. The van der Waals surface area contributed by atoms with Crippen molar-refractivity contribution in [2.75, 3.05) is 42.6 Å². The standard InChI is InChI=1S/C23H24Br2N2O6S4.C6H15N/c24-16-5-7-20-18(13-16)26(9-1-3-11-36(28,29)30)22(34-20)15-23-27(10-2-4-12-37(31,32)33)19-14-17(25)6-8-21(19)35-23;1-4-7(5-2)6-3/h5-8,13-15H,1-4,9-12H2,(H-,28,29,30,31,32,33);4-6H2,1-3H3. The summed E-state index contributed by atoms with van der Waals surface area (Å²) < 4.78 is 69.6. The highest BCUT2D eigenvalue weighted by atomic mass is 79.9. The molecule has 1 aliphatic heterocycles.